The van der Waals surface area contributed by atoms with E-state index in [1.165, 1.54) is 24.5 Å². The number of carbonyl (C=O) groups excluding carboxylic acids is 1. The Bertz CT molecular complexity index is 1380. The number of pyridine rings is 2. The van der Waals surface area contributed by atoms with Crippen LogP contribution in [-0.2, 0) is 9.84 Å². The molecule has 182 valence electrons. The van der Waals surface area contributed by atoms with Gasteiger partial charge in [-0.3, -0.25) is 9.20 Å². The summed E-state index contributed by atoms with van der Waals surface area (Å²) in [5, 5.41) is 2.71. The molecular weight excluding hydrogens is 545 g/mol. The number of carbonyl (C=O) groups is 1. The minimum absolute atomic E-state index is 0.110. The van der Waals surface area contributed by atoms with Crippen molar-refractivity contribution in [2.75, 3.05) is 18.1 Å². The van der Waals surface area contributed by atoms with E-state index in [0.717, 1.165) is 0 Å². The molecule has 0 saturated carbocycles. The minimum Gasteiger partial charge on any atom is -0.478 e. The number of hydrogen-bond acceptors (Lipinski definition) is 7. The number of aryl methyl sites for hydroxylation is 1. The van der Waals surface area contributed by atoms with Gasteiger partial charge in [-0.2, -0.15) is 13.2 Å². The number of amides is 1. The highest BCUT2D eigenvalue weighted by molar-refractivity contribution is 9.10. The van der Waals surface area contributed by atoms with Crippen LogP contribution in [0.1, 0.15) is 23.1 Å². The van der Waals surface area contributed by atoms with Gasteiger partial charge in [-0.25, -0.2) is 18.4 Å². The van der Waals surface area contributed by atoms with E-state index in [4.69, 9.17) is 9.47 Å². The molecule has 1 saturated heterocycles. The zero-order chi connectivity index (χ0) is 24.9. The van der Waals surface area contributed by atoms with Crippen molar-refractivity contribution in [1.82, 2.24) is 19.7 Å². The molecule has 1 fully saturated rings. The maximum atomic E-state index is 12.7. The number of fused-ring (bicyclic) bond motifs is 1. The van der Waals surface area contributed by atoms with Crippen molar-refractivity contribution in [3.05, 3.63) is 46.5 Å². The Balaban J connectivity index is 1.57. The summed E-state index contributed by atoms with van der Waals surface area (Å²) in [6.45, 7) is 1.78. The number of ether oxygens (including phenoxy) is 2. The number of alkyl halides is 3. The van der Waals surface area contributed by atoms with Crippen LogP contribution in [0.25, 0.3) is 5.65 Å². The molecule has 1 amide bonds. The molecule has 0 spiro atoms. The van der Waals surface area contributed by atoms with Crippen molar-refractivity contribution in [2.45, 2.75) is 25.6 Å². The normalized spacial score (nSPS) is 16.6. The summed E-state index contributed by atoms with van der Waals surface area (Å²) in [5.74, 6) is -0.980. The molecule has 0 aromatic carbocycles. The maximum absolute atomic E-state index is 12.7. The topological polar surface area (TPSA) is 112 Å². The molecule has 0 unspecified atom stereocenters. The lowest BCUT2D eigenvalue weighted by Crippen LogP contribution is -2.63. The summed E-state index contributed by atoms with van der Waals surface area (Å²) in [6, 6.07) is 4.38. The Morgan fingerprint density at radius 3 is 2.68 bits per heavy atom. The number of hydrogen-bond donors (Lipinski definition) is 1. The van der Waals surface area contributed by atoms with Crippen LogP contribution < -0.4 is 14.8 Å². The molecule has 34 heavy (non-hydrogen) atoms. The SMILES string of the molecule is Cc1c(C(=O)NC2(C)CS(=O)(=O)C2)nc2ccc(Oc3ncc(Br)cc3OCC(F)(F)F)cn12. The van der Waals surface area contributed by atoms with Gasteiger partial charge in [0, 0.05) is 16.7 Å². The Morgan fingerprint density at radius 2 is 2.03 bits per heavy atom. The first-order chi connectivity index (χ1) is 15.7. The van der Waals surface area contributed by atoms with E-state index in [9.17, 15) is 26.4 Å². The molecule has 4 heterocycles. The van der Waals surface area contributed by atoms with Crippen molar-refractivity contribution >= 4 is 37.3 Å². The molecule has 1 aliphatic heterocycles. The number of aromatic nitrogens is 3. The lowest BCUT2D eigenvalue weighted by molar-refractivity contribution is -0.153. The smallest absolute Gasteiger partial charge is 0.422 e. The summed E-state index contributed by atoms with van der Waals surface area (Å²) in [7, 11) is -3.14. The summed E-state index contributed by atoms with van der Waals surface area (Å²) in [4.78, 5) is 21.0. The monoisotopic (exact) mass is 562 g/mol. The standard InChI is InChI=1S/C20H18BrF3N4O5S/c1-11-16(17(29)27-19(2)9-34(30,31)10-19)26-15-4-3-13(7-28(11)15)33-18-14(5-12(21)6-25-18)32-8-20(22,23)24/h3-7H,8-10H2,1-2H3,(H,27,29). The number of nitrogens with zero attached hydrogens (tertiary/aromatic N) is 3. The van der Waals surface area contributed by atoms with Gasteiger partial charge < -0.3 is 14.8 Å². The third-order valence-electron chi connectivity index (χ3n) is 4.93. The number of imidazole rings is 1. The van der Waals surface area contributed by atoms with E-state index in [-0.39, 0.29) is 34.6 Å². The summed E-state index contributed by atoms with van der Waals surface area (Å²) >= 11 is 3.13. The van der Waals surface area contributed by atoms with Gasteiger partial charge in [-0.1, -0.05) is 0 Å². The lowest BCUT2D eigenvalue weighted by Gasteiger charge is -2.38. The quantitative estimate of drug-likeness (QED) is 0.489. The number of halogens is 4. The molecular formula is C20H18BrF3N4O5S. The van der Waals surface area contributed by atoms with Gasteiger partial charge in [0.2, 0.25) is 0 Å². The third-order valence-corrected chi connectivity index (χ3v) is 7.52. The molecule has 0 radical (unpaired) electrons. The van der Waals surface area contributed by atoms with Crippen molar-refractivity contribution in [2.24, 2.45) is 0 Å². The van der Waals surface area contributed by atoms with Crippen molar-refractivity contribution in [3.63, 3.8) is 0 Å². The van der Waals surface area contributed by atoms with Crippen LogP contribution in [0.15, 0.2) is 35.1 Å². The zero-order valence-corrected chi connectivity index (χ0v) is 20.2. The van der Waals surface area contributed by atoms with Crippen LogP contribution in [0.5, 0.6) is 17.4 Å². The van der Waals surface area contributed by atoms with Crippen LogP contribution in [0, 0.1) is 6.92 Å². The predicted octanol–water partition coefficient (Wildman–Crippen LogP) is 3.45. The van der Waals surface area contributed by atoms with Gasteiger partial charge in [-0.05, 0) is 41.9 Å². The van der Waals surface area contributed by atoms with Crippen LogP contribution in [0.3, 0.4) is 0 Å². The Labute approximate surface area is 200 Å². The van der Waals surface area contributed by atoms with E-state index in [2.05, 4.69) is 31.2 Å². The lowest BCUT2D eigenvalue weighted by atomic mass is 10.1. The summed E-state index contributed by atoms with van der Waals surface area (Å²) < 4.78 is 73.2. The van der Waals surface area contributed by atoms with Gasteiger partial charge >= 0.3 is 6.18 Å². The van der Waals surface area contributed by atoms with Crippen LogP contribution in [-0.4, -0.2) is 58.5 Å². The predicted molar refractivity (Wildman–Crippen MR) is 118 cm³/mol. The molecule has 1 N–H and O–H groups in total. The largest absolute Gasteiger partial charge is 0.478 e. The maximum Gasteiger partial charge on any atom is 0.422 e. The second-order valence-electron chi connectivity index (χ2n) is 8.15. The van der Waals surface area contributed by atoms with E-state index >= 15 is 0 Å². The zero-order valence-electron chi connectivity index (χ0n) is 17.8. The Hall–Kier alpha value is -2.87. The highest BCUT2D eigenvalue weighted by atomic mass is 79.9. The minimum atomic E-state index is -4.54. The van der Waals surface area contributed by atoms with Crippen molar-refractivity contribution in [3.8, 4) is 17.4 Å². The first-order valence-electron chi connectivity index (χ1n) is 9.78. The fourth-order valence-electron chi connectivity index (χ4n) is 3.61. The Morgan fingerprint density at radius 1 is 1.32 bits per heavy atom. The van der Waals surface area contributed by atoms with Gasteiger partial charge in [0.05, 0.1) is 28.9 Å². The second-order valence-corrected chi connectivity index (χ2v) is 11.1. The first-order valence-corrected chi connectivity index (χ1v) is 12.4. The molecule has 0 atom stereocenters. The van der Waals surface area contributed by atoms with Crippen LogP contribution in [0.2, 0.25) is 0 Å². The second kappa shape index (κ2) is 8.41. The summed E-state index contributed by atoms with van der Waals surface area (Å²) in [6.07, 6.45) is -1.69. The Kier molecular flexibility index (Phi) is 6.00. The van der Waals surface area contributed by atoms with E-state index in [1.807, 2.05) is 0 Å². The van der Waals surface area contributed by atoms with Gasteiger partial charge in [0.1, 0.15) is 17.1 Å². The molecule has 3 aromatic rings. The molecule has 0 aliphatic carbocycles. The van der Waals surface area contributed by atoms with Gasteiger partial charge in [0.15, 0.2) is 22.2 Å². The van der Waals surface area contributed by atoms with Crippen LogP contribution >= 0.6 is 15.9 Å². The first kappa shape index (κ1) is 24.3. The summed E-state index contributed by atoms with van der Waals surface area (Å²) in [5.41, 5.74) is 0.130. The number of rotatable bonds is 6. The van der Waals surface area contributed by atoms with E-state index in [0.29, 0.717) is 15.8 Å². The highest BCUT2D eigenvalue weighted by Crippen LogP contribution is 2.33. The fraction of sp³-hybridized carbons (Fsp3) is 0.350. The number of sulfone groups is 1. The van der Waals surface area contributed by atoms with Crippen LogP contribution in [0.4, 0.5) is 13.2 Å². The van der Waals surface area contributed by atoms with Gasteiger partial charge in [0.25, 0.3) is 11.8 Å². The fourth-order valence-corrected chi connectivity index (χ4v) is 5.92. The molecule has 4 rings (SSSR count). The molecule has 14 heteroatoms. The average Bonchev–Trinajstić information content (AvgIpc) is 3.02. The number of nitrogens with one attached hydrogen (secondary N) is 1. The highest BCUT2D eigenvalue weighted by Gasteiger charge is 2.46. The average molecular weight is 563 g/mol. The van der Waals surface area contributed by atoms with Crippen molar-refractivity contribution < 1.29 is 35.9 Å². The van der Waals surface area contributed by atoms with E-state index < -0.39 is 34.1 Å². The van der Waals surface area contributed by atoms with Crippen molar-refractivity contribution in [1.29, 1.82) is 0 Å². The molecule has 9 nitrogen and oxygen atoms in total. The molecule has 1 aliphatic rings. The van der Waals surface area contributed by atoms with Gasteiger partial charge in [-0.15, -0.1) is 0 Å². The molecule has 3 aromatic heterocycles. The third kappa shape index (κ3) is 5.27. The molecule has 0 bridgehead atoms. The van der Waals surface area contributed by atoms with E-state index in [1.54, 1.807) is 24.3 Å².